The molecule has 4 rings (SSSR count). The molecule has 0 aliphatic heterocycles. The van der Waals surface area contributed by atoms with Crippen molar-refractivity contribution in [2.24, 2.45) is 5.92 Å². The van der Waals surface area contributed by atoms with Gasteiger partial charge >= 0.3 is 6.18 Å². The Kier molecular flexibility index (Phi) is 6.06. The maximum atomic E-state index is 14.1. The maximum absolute atomic E-state index is 14.1. The third kappa shape index (κ3) is 4.94. The quantitative estimate of drug-likeness (QED) is 0.436. The first-order chi connectivity index (χ1) is 15.5. The highest BCUT2D eigenvalue weighted by Crippen LogP contribution is 2.38. The molecule has 0 spiro atoms. The number of rotatable bonds is 7. The summed E-state index contributed by atoms with van der Waals surface area (Å²) in [5.74, 6) is -0.640. The van der Waals surface area contributed by atoms with Crippen molar-refractivity contribution in [2.45, 2.75) is 56.9 Å². The van der Waals surface area contributed by atoms with Crippen LogP contribution in [0.1, 0.15) is 44.7 Å². The number of carbonyl (C=O) groups is 1. The van der Waals surface area contributed by atoms with Gasteiger partial charge in [0.15, 0.2) is 0 Å². The molecule has 3 aromatic rings. The van der Waals surface area contributed by atoms with Crippen molar-refractivity contribution in [3.63, 3.8) is 0 Å². The third-order valence-electron chi connectivity index (χ3n) is 5.84. The fraction of sp³-hybridized carbons (Fsp3) is 0.417. The van der Waals surface area contributed by atoms with E-state index in [-0.39, 0.29) is 17.9 Å². The Morgan fingerprint density at radius 1 is 1.18 bits per heavy atom. The molecule has 2 aromatic carbocycles. The van der Waals surface area contributed by atoms with Crippen molar-refractivity contribution in [3.8, 4) is 6.07 Å². The molecule has 2 N–H and O–H groups in total. The molecule has 1 heterocycles. The normalized spacial score (nSPS) is 17.2. The number of halogens is 4. The highest BCUT2D eigenvalue weighted by Gasteiger charge is 2.47. The summed E-state index contributed by atoms with van der Waals surface area (Å²) in [6, 6.07) is 8.14. The smallest absolute Gasteiger partial charge is 0.407 e. The molecule has 1 fully saturated rings. The Balaban J connectivity index is 1.68. The second kappa shape index (κ2) is 8.54. The predicted octanol–water partition coefficient (Wildman–Crippen LogP) is 6.02. The van der Waals surface area contributed by atoms with Crippen LogP contribution in [0, 0.1) is 17.2 Å². The summed E-state index contributed by atoms with van der Waals surface area (Å²) in [6.45, 7) is 3.65. The van der Waals surface area contributed by atoms with Gasteiger partial charge in [-0.2, -0.15) is 18.4 Å². The number of amides is 1. The largest absolute Gasteiger partial charge is 0.456 e. The van der Waals surface area contributed by atoms with Gasteiger partial charge < -0.3 is 9.73 Å². The number of nitriles is 1. The fourth-order valence-corrected chi connectivity index (χ4v) is 4.13. The number of carbonyl (C=O) groups excluding carboxylic acids is 1. The summed E-state index contributed by atoms with van der Waals surface area (Å²) >= 11 is 6.05. The first-order valence-electron chi connectivity index (χ1n) is 10.7. The van der Waals surface area contributed by atoms with Crippen molar-refractivity contribution in [2.75, 3.05) is 0 Å². The van der Waals surface area contributed by atoms with Crippen LogP contribution >= 0.6 is 11.6 Å². The number of benzene rings is 2. The second-order valence-electron chi connectivity index (χ2n) is 9.00. The van der Waals surface area contributed by atoms with E-state index in [1.54, 1.807) is 24.3 Å². The lowest BCUT2D eigenvalue weighted by molar-refractivity contribution is -0.161. The average Bonchev–Trinajstić information content (AvgIpc) is 3.42. The average molecular weight is 478 g/mol. The Morgan fingerprint density at radius 2 is 1.91 bits per heavy atom. The number of furan rings is 1. The summed E-state index contributed by atoms with van der Waals surface area (Å²) in [6.07, 6.45) is -3.48. The zero-order valence-electron chi connectivity index (χ0n) is 18.1. The summed E-state index contributed by atoms with van der Waals surface area (Å²) in [4.78, 5) is 12.8. The Labute approximate surface area is 193 Å². The van der Waals surface area contributed by atoms with Gasteiger partial charge in [0, 0.05) is 15.8 Å². The summed E-state index contributed by atoms with van der Waals surface area (Å²) in [5.41, 5.74) is -0.211. The lowest BCUT2D eigenvalue weighted by Gasteiger charge is -2.29. The maximum Gasteiger partial charge on any atom is 0.407 e. The molecule has 0 saturated heterocycles. The van der Waals surface area contributed by atoms with Gasteiger partial charge in [-0.15, -0.1) is 0 Å². The third-order valence-corrected chi connectivity index (χ3v) is 6.07. The lowest BCUT2D eigenvalue weighted by Crippen LogP contribution is -2.52. The molecule has 1 aliphatic rings. The van der Waals surface area contributed by atoms with E-state index in [1.165, 1.54) is 12.1 Å². The van der Waals surface area contributed by atoms with E-state index in [9.17, 15) is 23.2 Å². The molecule has 1 aromatic heterocycles. The minimum atomic E-state index is -4.66. The topological polar surface area (TPSA) is 78.1 Å². The molecular weight excluding hydrogens is 455 g/mol. The Bertz CT molecular complexity index is 1240. The number of nitrogens with zero attached hydrogens (tertiary/aromatic N) is 1. The summed E-state index contributed by atoms with van der Waals surface area (Å²) in [7, 11) is 0. The van der Waals surface area contributed by atoms with Gasteiger partial charge in [-0.3, -0.25) is 10.1 Å². The monoisotopic (exact) mass is 477 g/mol. The zero-order chi connectivity index (χ0) is 24.0. The second-order valence-corrected chi connectivity index (χ2v) is 9.44. The molecule has 0 bridgehead atoms. The van der Waals surface area contributed by atoms with E-state index in [1.807, 2.05) is 19.9 Å². The van der Waals surface area contributed by atoms with Crippen LogP contribution in [0.3, 0.4) is 0 Å². The molecule has 5 nitrogen and oxygen atoms in total. The first kappa shape index (κ1) is 23.4. The molecule has 9 heteroatoms. The van der Waals surface area contributed by atoms with Crippen molar-refractivity contribution in [1.29, 1.82) is 5.26 Å². The molecular formula is C24H23ClF3N3O2. The van der Waals surface area contributed by atoms with Crippen LogP contribution in [0.15, 0.2) is 40.8 Å². The van der Waals surface area contributed by atoms with Crippen LogP contribution in [0.25, 0.3) is 21.9 Å². The van der Waals surface area contributed by atoms with E-state index >= 15 is 0 Å². The van der Waals surface area contributed by atoms with Crippen molar-refractivity contribution in [3.05, 3.63) is 47.0 Å². The highest BCUT2D eigenvalue weighted by molar-refractivity contribution is 6.31. The minimum Gasteiger partial charge on any atom is -0.456 e. The van der Waals surface area contributed by atoms with E-state index < -0.39 is 29.7 Å². The van der Waals surface area contributed by atoms with Crippen molar-refractivity contribution < 1.29 is 22.4 Å². The van der Waals surface area contributed by atoms with Crippen molar-refractivity contribution >= 4 is 39.4 Å². The van der Waals surface area contributed by atoms with Gasteiger partial charge in [-0.25, -0.2) is 0 Å². The van der Waals surface area contributed by atoms with E-state index in [0.29, 0.717) is 39.8 Å². The van der Waals surface area contributed by atoms with Crippen LogP contribution in [0.4, 0.5) is 13.2 Å². The first-order valence-corrected chi connectivity index (χ1v) is 11.1. The summed E-state index contributed by atoms with van der Waals surface area (Å²) < 4.78 is 48.2. The van der Waals surface area contributed by atoms with Gasteiger partial charge in [0.05, 0.1) is 12.1 Å². The van der Waals surface area contributed by atoms with Crippen molar-refractivity contribution in [1.82, 2.24) is 10.6 Å². The number of hydrogen-bond acceptors (Lipinski definition) is 4. The molecule has 1 amide bonds. The van der Waals surface area contributed by atoms with E-state index in [4.69, 9.17) is 16.0 Å². The molecule has 174 valence electrons. The predicted molar refractivity (Wildman–Crippen MR) is 120 cm³/mol. The SMILES string of the molecule is CC(C)C[C@H](N[C@@H](c1ccc2c(c1)oc1ccc(Cl)cc12)C(F)(F)F)C(=O)NC1(C#N)CC1. The Hall–Kier alpha value is -2.76. The molecule has 1 saturated carbocycles. The van der Waals surface area contributed by atoms with Crippen LogP contribution in [-0.4, -0.2) is 23.7 Å². The van der Waals surface area contributed by atoms with Gasteiger partial charge in [0.25, 0.3) is 0 Å². The standard InChI is InChI=1S/C24H23ClF3N3O2/c1-13(2)9-18(22(32)31-23(12-29)7-8-23)30-21(24(26,27)28)14-3-5-16-17-11-15(25)4-6-19(17)33-20(16)10-14/h3-6,10-11,13,18,21,30H,7-9H2,1-2H3,(H,31,32)/t18-,21-/m0/s1. The van der Waals surface area contributed by atoms with Crippen LogP contribution in [0.5, 0.6) is 0 Å². The Morgan fingerprint density at radius 3 is 2.52 bits per heavy atom. The highest BCUT2D eigenvalue weighted by atomic mass is 35.5. The van der Waals surface area contributed by atoms with Gasteiger partial charge in [0.2, 0.25) is 5.91 Å². The van der Waals surface area contributed by atoms with Gasteiger partial charge in [0.1, 0.15) is 22.7 Å². The minimum absolute atomic E-state index is 0.0398. The number of hydrogen-bond donors (Lipinski definition) is 2. The number of fused-ring (bicyclic) bond motifs is 3. The number of alkyl halides is 3. The zero-order valence-corrected chi connectivity index (χ0v) is 18.8. The molecule has 1 aliphatic carbocycles. The fourth-order valence-electron chi connectivity index (χ4n) is 3.96. The van der Waals surface area contributed by atoms with Gasteiger partial charge in [-0.05, 0) is 55.0 Å². The molecule has 0 radical (unpaired) electrons. The summed E-state index contributed by atoms with van der Waals surface area (Å²) in [5, 5.41) is 16.2. The van der Waals surface area contributed by atoms with Crippen LogP contribution in [0.2, 0.25) is 5.02 Å². The molecule has 2 atom stereocenters. The van der Waals surface area contributed by atoms with Crippen LogP contribution < -0.4 is 10.6 Å². The van der Waals surface area contributed by atoms with E-state index in [0.717, 1.165) is 0 Å². The van der Waals surface area contributed by atoms with Gasteiger partial charge in [-0.1, -0.05) is 37.6 Å². The van der Waals surface area contributed by atoms with E-state index in [2.05, 4.69) is 10.6 Å². The number of nitrogens with one attached hydrogen (secondary N) is 2. The van der Waals surface area contributed by atoms with Crippen LogP contribution in [-0.2, 0) is 4.79 Å². The molecule has 33 heavy (non-hydrogen) atoms. The lowest BCUT2D eigenvalue weighted by atomic mass is 9.98. The molecule has 0 unspecified atom stereocenters.